The van der Waals surface area contributed by atoms with Crippen LogP contribution in [0.1, 0.15) is 80.1 Å². The van der Waals surface area contributed by atoms with Crippen molar-refractivity contribution < 1.29 is 0 Å². The number of piperidine rings is 1. The van der Waals surface area contributed by atoms with Crippen LogP contribution in [0.3, 0.4) is 0 Å². The Bertz CT molecular complexity index is 319. The first-order valence-corrected chi connectivity index (χ1v) is 9.70. The topological polar surface area (TPSA) is 15.3 Å². The van der Waals surface area contributed by atoms with Gasteiger partial charge in [0.15, 0.2) is 0 Å². The Kier molecular flexibility index (Phi) is 19.8. The van der Waals surface area contributed by atoms with Gasteiger partial charge in [0, 0.05) is 31.5 Å². The molecule has 136 valence electrons. The van der Waals surface area contributed by atoms with Crippen LogP contribution in [0, 0.1) is 0 Å². The molecule has 1 fully saturated rings. The molecule has 0 unspecified atom stereocenters. The highest BCUT2D eigenvalue weighted by atomic mass is 15.1. The summed E-state index contributed by atoms with van der Waals surface area (Å²) in [4.78, 5) is 2.51. The largest absolute Gasteiger partial charge is 0.388 e. The van der Waals surface area contributed by atoms with Crippen LogP contribution in [-0.2, 0) is 0 Å². The molecule has 2 heteroatoms. The first-order valence-electron chi connectivity index (χ1n) is 9.70. The van der Waals surface area contributed by atoms with E-state index >= 15 is 0 Å². The molecule has 23 heavy (non-hydrogen) atoms. The highest BCUT2D eigenvalue weighted by Crippen LogP contribution is 2.16. The molecule has 1 heterocycles. The lowest BCUT2D eigenvalue weighted by atomic mass is 10.1. The van der Waals surface area contributed by atoms with Crippen LogP contribution in [0.2, 0.25) is 0 Å². The van der Waals surface area contributed by atoms with E-state index in [1.165, 1.54) is 56.6 Å². The van der Waals surface area contributed by atoms with E-state index in [2.05, 4.69) is 62.2 Å². The molecule has 1 N–H and O–H groups in total. The molecule has 1 saturated heterocycles. The fraction of sp³-hybridized carbons (Fsp3) is 0.714. The Morgan fingerprint density at radius 2 is 1.52 bits per heavy atom. The van der Waals surface area contributed by atoms with Gasteiger partial charge in [0.25, 0.3) is 0 Å². The molecule has 0 amide bonds. The van der Waals surface area contributed by atoms with Crippen molar-refractivity contribution in [1.82, 2.24) is 10.2 Å². The SMILES string of the molecule is CC.CCCC.C\C=C(/C=C\C(=C\CC)N1CCCCC1)NC. The summed E-state index contributed by atoms with van der Waals surface area (Å²) in [7, 11) is 1.96. The van der Waals surface area contributed by atoms with E-state index in [9.17, 15) is 0 Å². The molecule has 0 bridgehead atoms. The first kappa shape index (κ1) is 24.1. The summed E-state index contributed by atoms with van der Waals surface area (Å²) in [6.45, 7) is 15.0. The standard InChI is InChI=1S/C15H26N2.C4H10.C2H6/c1-4-9-15(11-10-14(5-2)16-3)17-12-7-6-8-13-17;1-3-4-2;1-2/h5,9-11,16H,4,6-8,12-13H2,1-3H3;3-4H2,1-2H3;1-2H3/b11-10-,14-5+,15-9-;;. The minimum atomic E-state index is 1.10. The molecule has 1 rings (SSSR count). The molecule has 0 aromatic carbocycles. The zero-order valence-electron chi connectivity index (χ0n) is 16.9. The average molecular weight is 323 g/mol. The Balaban J connectivity index is 0. The van der Waals surface area contributed by atoms with Crippen molar-refractivity contribution in [3.8, 4) is 0 Å². The number of allylic oxidation sites excluding steroid dienone is 4. The molecule has 1 aliphatic rings. The third-order valence-corrected chi connectivity index (χ3v) is 3.67. The van der Waals surface area contributed by atoms with Gasteiger partial charge in [-0.1, -0.05) is 59.6 Å². The number of rotatable bonds is 6. The summed E-state index contributed by atoms with van der Waals surface area (Å²) in [5, 5.41) is 3.18. The van der Waals surface area contributed by atoms with E-state index < -0.39 is 0 Å². The average Bonchev–Trinajstić information content (AvgIpc) is 2.64. The van der Waals surface area contributed by atoms with Gasteiger partial charge in [-0.25, -0.2) is 0 Å². The summed E-state index contributed by atoms with van der Waals surface area (Å²) in [6.07, 6.45) is 16.6. The van der Waals surface area contributed by atoms with Crippen LogP contribution in [0.25, 0.3) is 0 Å². The molecule has 1 aliphatic heterocycles. The molecule has 0 radical (unpaired) electrons. The second-order valence-electron chi connectivity index (χ2n) is 5.41. The molecule has 0 atom stereocenters. The van der Waals surface area contributed by atoms with Crippen molar-refractivity contribution in [2.45, 2.75) is 80.1 Å². The number of hydrogen-bond donors (Lipinski definition) is 1. The molecular formula is C21H42N2. The van der Waals surface area contributed by atoms with E-state index in [1.54, 1.807) is 0 Å². The molecule has 0 saturated carbocycles. The Morgan fingerprint density at radius 1 is 0.957 bits per heavy atom. The smallest absolute Gasteiger partial charge is 0.0326 e. The van der Waals surface area contributed by atoms with Gasteiger partial charge in [0.2, 0.25) is 0 Å². The van der Waals surface area contributed by atoms with Gasteiger partial charge in [-0.3, -0.25) is 0 Å². The van der Waals surface area contributed by atoms with Crippen LogP contribution in [0.5, 0.6) is 0 Å². The lowest BCUT2D eigenvalue weighted by molar-refractivity contribution is 0.292. The number of unbranched alkanes of at least 4 members (excludes halogenated alkanes) is 1. The lowest BCUT2D eigenvalue weighted by Crippen LogP contribution is -2.28. The zero-order chi connectivity index (χ0) is 17.9. The van der Waals surface area contributed by atoms with Gasteiger partial charge in [0.05, 0.1) is 0 Å². The highest BCUT2D eigenvalue weighted by Gasteiger charge is 2.10. The molecular weight excluding hydrogens is 280 g/mol. The number of likely N-dealkylation sites (tertiary alicyclic amines) is 1. The summed E-state index contributed by atoms with van der Waals surface area (Å²) in [5.41, 5.74) is 2.55. The number of hydrogen-bond acceptors (Lipinski definition) is 2. The van der Waals surface area contributed by atoms with Crippen molar-refractivity contribution in [2.24, 2.45) is 0 Å². The highest BCUT2D eigenvalue weighted by molar-refractivity contribution is 5.26. The van der Waals surface area contributed by atoms with Crippen molar-refractivity contribution in [3.63, 3.8) is 0 Å². The maximum atomic E-state index is 3.18. The van der Waals surface area contributed by atoms with E-state index in [0.29, 0.717) is 0 Å². The maximum Gasteiger partial charge on any atom is 0.0326 e. The Morgan fingerprint density at radius 3 is 1.91 bits per heavy atom. The van der Waals surface area contributed by atoms with Crippen molar-refractivity contribution in [1.29, 1.82) is 0 Å². The summed E-state index contributed by atoms with van der Waals surface area (Å²) in [5.74, 6) is 0. The molecule has 0 aromatic rings. The second kappa shape index (κ2) is 18.9. The maximum absolute atomic E-state index is 3.18. The number of likely N-dealkylation sites (N-methyl/N-ethyl adjacent to an activating group) is 1. The van der Waals surface area contributed by atoms with Crippen molar-refractivity contribution >= 4 is 0 Å². The van der Waals surface area contributed by atoms with Gasteiger partial charge in [-0.2, -0.15) is 0 Å². The van der Waals surface area contributed by atoms with Gasteiger partial charge >= 0.3 is 0 Å². The normalized spacial score (nSPS) is 15.5. The quantitative estimate of drug-likeness (QED) is 0.579. The fourth-order valence-electron chi connectivity index (χ4n) is 2.16. The minimum absolute atomic E-state index is 1.10. The second-order valence-corrected chi connectivity index (χ2v) is 5.41. The van der Waals surface area contributed by atoms with Crippen LogP contribution >= 0.6 is 0 Å². The predicted octanol–water partition coefficient (Wildman–Crippen LogP) is 6.28. The third-order valence-electron chi connectivity index (χ3n) is 3.67. The summed E-state index contributed by atoms with van der Waals surface area (Å²) >= 11 is 0. The van der Waals surface area contributed by atoms with Crippen LogP contribution in [-0.4, -0.2) is 25.0 Å². The van der Waals surface area contributed by atoms with Gasteiger partial charge < -0.3 is 10.2 Å². The van der Waals surface area contributed by atoms with Crippen molar-refractivity contribution in [3.05, 3.63) is 35.7 Å². The van der Waals surface area contributed by atoms with Gasteiger partial charge in [-0.05, 0) is 44.8 Å². The van der Waals surface area contributed by atoms with Gasteiger partial charge in [0.1, 0.15) is 0 Å². The Labute approximate surface area is 146 Å². The molecule has 0 aromatic heterocycles. The van der Waals surface area contributed by atoms with Crippen molar-refractivity contribution in [2.75, 3.05) is 20.1 Å². The Hall–Kier alpha value is -1.18. The number of nitrogens with one attached hydrogen (secondary N) is 1. The van der Waals surface area contributed by atoms with Gasteiger partial charge in [-0.15, -0.1) is 0 Å². The van der Waals surface area contributed by atoms with E-state index in [-0.39, 0.29) is 0 Å². The molecule has 0 spiro atoms. The van der Waals surface area contributed by atoms with E-state index in [4.69, 9.17) is 0 Å². The minimum Gasteiger partial charge on any atom is -0.388 e. The van der Waals surface area contributed by atoms with E-state index in [1.807, 2.05) is 20.9 Å². The third kappa shape index (κ3) is 13.0. The summed E-state index contributed by atoms with van der Waals surface area (Å²) in [6, 6.07) is 0. The van der Waals surface area contributed by atoms with Crippen LogP contribution in [0.15, 0.2) is 35.7 Å². The lowest BCUT2D eigenvalue weighted by Gasteiger charge is -2.29. The number of nitrogens with zero attached hydrogens (tertiary/aromatic N) is 1. The molecule has 2 nitrogen and oxygen atoms in total. The molecule has 0 aliphatic carbocycles. The fourth-order valence-corrected chi connectivity index (χ4v) is 2.16. The van der Waals surface area contributed by atoms with Crippen LogP contribution < -0.4 is 5.32 Å². The van der Waals surface area contributed by atoms with Crippen LogP contribution in [0.4, 0.5) is 0 Å². The predicted molar refractivity (Wildman–Crippen MR) is 108 cm³/mol. The van der Waals surface area contributed by atoms with E-state index in [0.717, 1.165) is 6.42 Å². The summed E-state index contributed by atoms with van der Waals surface area (Å²) < 4.78 is 0. The zero-order valence-corrected chi connectivity index (χ0v) is 16.9. The first-order chi connectivity index (χ1) is 11.2. The monoisotopic (exact) mass is 322 g/mol.